The lowest BCUT2D eigenvalue weighted by molar-refractivity contribution is -0.137. The zero-order chi connectivity index (χ0) is 19.6. The zero-order valence-corrected chi connectivity index (χ0v) is 15.2. The minimum atomic E-state index is -4.56. The molecule has 5 nitrogen and oxygen atoms in total. The van der Waals surface area contributed by atoms with E-state index in [0.717, 1.165) is 37.3 Å². The van der Waals surface area contributed by atoms with E-state index in [1.807, 2.05) is 6.07 Å². The molecule has 27 heavy (non-hydrogen) atoms. The summed E-state index contributed by atoms with van der Waals surface area (Å²) in [5.41, 5.74) is 4.42. The zero-order valence-electron chi connectivity index (χ0n) is 14.4. The molecule has 0 aliphatic heterocycles. The highest BCUT2D eigenvalue weighted by Gasteiger charge is 2.34. The Hall–Kier alpha value is -2.22. The predicted molar refractivity (Wildman–Crippen MR) is 96.7 cm³/mol. The summed E-state index contributed by atoms with van der Waals surface area (Å²) in [5.74, 6) is 0.167. The van der Waals surface area contributed by atoms with Crippen molar-refractivity contribution in [2.75, 3.05) is 11.9 Å². The van der Waals surface area contributed by atoms with E-state index in [0.29, 0.717) is 24.3 Å². The Morgan fingerprint density at radius 1 is 1.30 bits per heavy atom. The standard InChI is InChI=1S/C18H20ClF3N4O/c19-16-13(7-12(18(20,21)22)8-14(16)17(23)27)11-3-1-10(2-4-11)9-24-15-5-6-25-26-15/h5-8,10-11H,1-4,9H2,(H2,23,27)(H2,24,25,26). The summed E-state index contributed by atoms with van der Waals surface area (Å²) in [6.07, 6.45) is 0.206. The number of primary amides is 1. The van der Waals surface area contributed by atoms with Crippen molar-refractivity contribution in [3.05, 3.63) is 46.1 Å². The number of aromatic nitrogens is 2. The second-order valence-electron chi connectivity index (χ2n) is 6.86. The fourth-order valence-corrected chi connectivity index (χ4v) is 3.93. The van der Waals surface area contributed by atoms with Gasteiger partial charge in [-0.2, -0.15) is 18.3 Å². The van der Waals surface area contributed by atoms with Crippen LogP contribution in [0.1, 0.15) is 53.1 Å². The van der Waals surface area contributed by atoms with Gasteiger partial charge in [0.2, 0.25) is 5.91 Å². The topological polar surface area (TPSA) is 83.8 Å². The highest BCUT2D eigenvalue weighted by molar-refractivity contribution is 6.34. The van der Waals surface area contributed by atoms with Crippen LogP contribution in [0.3, 0.4) is 0 Å². The molecule has 0 unspecified atom stereocenters. The average Bonchev–Trinajstić information content (AvgIpc) is 3.13. The van der Waals surface area contributed by atoms with Crippen LogP contribution in [0.5, 0.6) is 0 Å². The number of aromatic amines is 1. The van der Waals surface area contributed by atoms with Crippen molar-refractivity contribution in [2.24, 2.45) is 11.7 Å². The Morgan fingerprint density at radius 2 is 2.00 bits per heavy atom. The van der Waals surface area contributed by atoms with Crippen LogP contribution in [0.25, 0.3) is 0 Å². The monoisotopic (exact) mass is 400 g/mol. The van der Waals surface area contributed by atoms with Crippen molar-refractivity contribution in [2.45, 2.75) is 37.8 Å². The van der Waals surface area contributed by atoms with E-state index < -0.39 is 17.6 Å². The quantitative estimate of drug-likeness (QED) is 0.687. The molecule has 0 atom stereocenters. The molecule has 1 fully saturated rings. The molecule has 9 heteroatoms. The van der Waals surface area contributed by atoms with E-state index in [1.165, 1.54) is 0 Å². The van der Waals surface area contributed by atoms with Crippen LogP contribution in [0, 0.1) is 5.92 Å². The fourth-order valence-electron chi connectivity index (χ4n) is 3.57. The van der Waals surface area contributed by atoms with Crippen molar-refractivity contribution in [1.82, 2.24) is 10.2 Å². The van der Waals surface area contributed by atoms with Crippen molar-refractivity contribution in [3.63, 3.8) is 0 Å². The normalized spacial score (nSPS) is 20.4. The summed E-state index contributed by atoms with van der Waals surface area (Å²) < 4.78 is 39.6. The Labute approximate surface area is 159 Å². The van der Waals surface area contributed by atoms with E-state index in [-0.39, 0.29) is 16.5 Å². The van der Waals surface area contributed by atoms with Crippen molar-refractivity contribution in [3.8, 4) is 0 Å². The molecule has 2 aromatic rings. The second-order valence-corrected chi connectivity index (χ2v) is 7.24. The number of benzene rings is 1. The molecular formula is C18H20ClF3N4O. The molecule has 1 heterocycles. The lowest BCUT2D eigenvalue weighted by atomic mass is 9.78. The summed E-state index contributed by atoms with van der Waals surface area (Å²) in [6.45, 7) is 0.762. The van der Waals surface area contributed by atoms with Crippen LogP contribution < -0.4 is 11.1 Å². The minimum absolute atomic E-state index is 0.0366. The van der Waals surface area contributed by atoms with Gasteiger partial charge in [-0.3, -0.25) is 9.89 Å². The van der Waals surface area contributed by atoms with Crippen LogP contribution in [-0.2, 0) is 6.18 Å². The van der Waals surface area contributed by atoms with Gasteiger partial charge in [-0.1, -0.05) is 11.6 Å². The smallest absolute Gasteiger partial charge is 0.370 e. The largest absolute Gasteiger partial charge is 0.416 e. The maximum Gasteiger partial charge on any atom is 0.416 e. The number of carbonyl (C=O) groups is 1. The first kappa shape index (κ1) is 19.5. The van der Waals surface area contributed by atoms with Crippen LogP contribution >= 0.6 is 11.6 Å². The van der Waals surface area contributed by atoms with E-state index in [1.54, 1.807) is 6.20 Å². The number of amides is 1. The van der Waals surface area contributed by atoms with Crippen LogP contribution in [0.4, 0.5) is 19.0 Å². The molecule has 0 bridgehead atoms. The van der Waals surface area contributed by atoms with E-state index >= 15 is 0 Å². The van der Waals surface area contributed by atoms with Crippen LogP contribution in [0.2, 0.25) is 5.02 Å². The number of H-pyrrole nitrogens is 1. The molecule has 4 N–H and O–H groups in total. The molecule has 0 radical (unpaired) electrons. The maximum absolute atomic E-state index is 13.2. The summed E-state index contributed by atoms with van der Waals surface area (Å²) in [5, 5.41) is 9.99. The Bertz CT molecular complexity index is 800. The lowest BCUT2D eigenvalue weighted by Gasteiger charge is -2.30. The van der Waals surface area contributed by atoms with Gasteiger partial charge in [-0.05, 0) is 61.3 Å². The summed E-state index contributed by atoms with van der Waals surface area (Å²) in [4.78, 5) is 11.5. The number of nitrogens with one attached hydrogen (secondary N) is 2. The third kappa shape index (κ3) is 4.55. The maximum atomic E-state index is 13.2. The molecule has 146 valence electrons. The van der Waals surface area contributed by atoms with Gasteiger partial charge in [0.1, 0.15) is 5.82 Å². The highest BCUT2D eigenvalue weighted by atomic mass is 35.5. The van der Waals surface area contributed by atoms with Gasteiger partial charge in [0.05, 0.1) is 22.3 Å². The van der Waals surface area contributed by atoms with E-state index in [2.05, 4.69) is 15.5 Å². The van der Waals surface area contributed by atoms with Gasteiger partial charge < -0.3 is 11.1 Å². The number of nitrogens with two attached hydrogens (primary N) is 1. The molecule has 1 aliphatic rings. The Balaban J connectivity index is 1.73. The average molecular weight is 401 g/mol. The minimum Gasteiger partial charge on any atom is -0.370 e. The molecule has 3 rings (SSSR count). The van der Waals surface area contributed by atoms with Crippen LogP contribution in [-0.4, -0.2) is 22.6 Å². The number of carbonyl (C=O) groups excluding carboxylic acids is 1. The summed E-state index contributed by atoms with van der Waals surface area (Å²) >= 11 is 6.23. The molecule has 1 aromatic carbocycles. The van der Waals surface area contributed by atoms with Gasteiger partial charge in [0.25, 0.3) is 0 Å². The van der Waals surface area contributed by atoms with Crippen molar-refractivity contribution < 1.29 is 18.0 Å². The molecular weight excluding hydrogens is 381 g/mol. The number of anilines is 1. The van der Waals surface area contributed by atoms with Crippen molar-refractivity contribution in [1.29, 1.82) is 0 Å². The second kappa shape index (κ2) is 7.80. The number of alkyl halides is 3. The molecule has 1 aromatic heterocycles. The first-order chi connectivity index (χ1) is 12.8. The van der Waals surface area contributed by atoms with Gasteiger partial charge in [0, 0.05) is 6.54 Å². The highest BCUT2D eigenvalue weighted by Crippen LogP contribution is 2.42. The number of halogens is 4. The molecule has 1 amide bonds. The van der Waals surface area contributed by atoms with E-state index in [9.17, 15) is 18.0 Å². The number of hydrogen-bond acceptors (Lipinski definition) is 3. The van der Waals surface area contributed by atoms with E-state index in [4.69, 9.17) is 17.3 Å². The van der Waals surface area contributed by atoms with Crippen LogP contribution in [0.15, 0.2) is 24.4 Å². The van der Waals surface area contributed by atoms with Crippen molar-refractivity contribution >= 4 is 23.3 Å². The van der Waals surface area contributed by atoms with Gasteiger partial charge in [0.15, 0.2) is 0 Å². The van der Waals surface area contributed by atoms with Gasteiger partial charge in [-0.25, -0.2) is 0 Å². The Morgan fingerprint density at radius 3 is 2.56 bits per heavy atom. The number of hydrogen-bond donors (Lipinski definition) is 3. The third-order valence-electron chi connectivity index (χ3n) is 5.06. The van der Waals surface area contributed by atoms with Gasteiger partial charge in [-0.15, -0.1) is 0 Å². The summed E-state index contributed by atoms with van der Waals surface area (Å²) in [7, 11) is 0. The number of nitrogens with zero attached hydrogens (tertiary/aromatic N) is 1. The van der Waals surface area contributed by atoms with Gasteiger partial charge >= 0.3 is 6.18 Å². The summed E-state index contributed by atoms with van der Waals surface area (Å²) in [6, 6.07) is 3.62. The molecule has 0 saturated heterocycles. The molecule has 1 aliphatic carbocycles. The number of rotatable bonds is 5. The first-order valence-electron chi connectivity index (χ1n) is 8.69. The lowest BCUT2D eigenvalue weighted by Crippen LogP contribution is -2.22. The Kier molecular flexibility index (Phi) is 5.64. The SMILES string of the molecule is NC(=O)c1cc(C(F)(F)F)cc(C2CCC(CNc3ccn[nH]3)CC2)c1Cl. The fraction of sp³-hybridized carbons (Fsp3) is 0.444. The third-order valence-corrected chi connectivity index (χ3v) is 5.48. The molecule has 0 spiro atoms. The molecule has 1 saturated carbocycles. The first-order valence-corrected chi connectivity index (χ1v) is 9.07. The predicted octanol–water partition coefficient (Wildman–Crippen LogP) is 4.57.